The fraction of sp³-hybridized carbons (Fsp3) is 0.263. The van der Waals surface area contributed by atoms with Crippen LogP contribution in [0.1, 0.15) is 42.1 Å². The van der Waals surface area contributed by atoms with Gasteiger partial charge in [-0.2, -0.15) is 0 Å². The molecule has 4 heteroatoms. The molecule has 2 N–H and O–H groups in total. The van der Waals surface area contributed by atoms with E-state index in [1.54, 1.807) is 18.2 Å². The van der Waals surface area contributed by atoms with Gasteiger partial charge in [-0.3, -0.25) is 9.59 Å². The van der Waals surface area contributed by atoms with Crippen molar-refractivity contribution in [3.63, 3.8) is 0 Å². The van der Waals surface area contributed by atoms with Crippen LogP contribution in [-0.2, 0) is 11.3 Å². The first-order chi connectivity index (χ1) is 11.2. The Morgan fingerprint density at radius 2 is 1.65 bits per heavy atom. The summed E-state index contributed by atoms with van der Waals surface area (Å²) >= 11 is 0. The highest BCUT2D eigenvalue weighted by molar-refractivity contribution is 6.03. The van der Waals surface area contributed by atoms with Crippen LogP contribution in [0.25, 0.3) is 0 Å². The number of anilines is 1. The fourth-order valence-electron chi connectivity index (χ4n) is 2.21. The number of rotatable bonds is 7. The smallest absolute Gasteiger partial charge is 0.253 e. The zero-order valence-electron chi connectivity index (χ0n) is 13.3. The van der Waals surface area contributed by atoms with E-state index >= 15 is 0 Å². The first-order valence-corrected chi connectivity index (χ1v) is 7.91. The number of para-hydroxylation sites is 1. The Kier molecular flexibility index (Phi) is 6.36. The van der Waals surface area contributed by atoms with Gasteiger partial charge < -0.3 is 10.6 Å². The van der Waals surface area contributed by atoms with E-state index < -0.39 is 0 Å². The van der Waals surface area contributed by atoms with Gasteiger partial charge in [0.1, 0.15) is 0 Å². The van der Waals surface area contributed by atoms with Gasteiger partial charge in [-0.1, -0.05) is 55.8 Å². The monoisotopic (exact) mass is 310 g/mol. The van der Waals surface area contributed by atoms with Gasteiger partial charge in [0.25, 0.3) is 5.91 Å². The molecule has 0 aliphatic carbocycles. The van der Waals surface area contributed by atoms with Crippen LogP contribution < -0.4 is 10.6 Å². The molecule has 0 heterocycles. The molecule has 0 aliphatic rings. The minimum absolute atomic E-state index is 0.0600. The van der Waals surface area contributed by atoms with Crippen LogP contribution in [0.15, 0.2) is 54.6 Å². The summed E-state index contributed by atoms with van der Waals surface area (Å²) in [5.74, 6) is -0.254. The lowest BCUT2D eigenvalue weighted by Crippen LogP contribution is -2.24. The number of nitrogens with one attached hydrogen (secondary N) is 2. The number of amides is 2. The number of hydrogen-bond donors (Lipinski definition) is 2. The van der Waals surface area contributed by atoms with Gasteiger partial charge in [-0.05, 0) is 24.1 Å². The predicted octanol–water partition coefficient (Wildman–Crippen LogP) is 3.75. The molecule has 0 saturated carbocycles. The third-order valence-electron chi connectivity index (χ3n) is 3.50. The van der Waals surface area contributed by atoms with Crippen molar-refractivity contribution in [3.05, 3.63) is 65.7 Å². The third kappa shape index (κ3) is 5.25. The maximum Gasteiger partial charge on any atom is 0.253 e. The average Bonchev–Trinajstić information content (AvgIpc) is 2.59. The summed E-state index contributed by atoms with van der Waals surface area (Å²) in [7, 11) is 0. The predicted molar refractivity (Wildman–Crippen MR) is 92.2 cm³/mol. The largest absolute Gasteiger partial charge is 0.348 e. The summed E-state index contributed by atoms with van der Waals surface area (Å²) in [6.07, 6.45) is 2.28. The van der Waals surface area contributed by atoms with Crippen LogP contribution >= 0.6 is 0 Å². The van der Waals surface area contributed by atoms with E-state index in [2.05, 4.69) is 10.6 Å². The number of hydrogen-bond acceptors (Lipinski definition) is 2. The lowest BCUT2D eigenvalue weighted by Gasteiger charge is -2.11. The standard InChI is InChI=1S/C19H22N2O2/c1-2-3-13-18(22)21-17-12-8-7-11-16(17)19(23)20-14-15-9-5-4-6-10-15/h4-12H,2-3,13-14H2,1H3,(H,20,23)(H,21,22). The van der Waals surface area contributed by atoms with Crippen molar-refractivity contribution in [2.45, 2.75) is 32.7 Å². The molecule has 0 fully saturated rings. The molecular weight excluding hydrogens is 288 g/mol. The Morgan fingerprint density at radius 3 is 2.39 bits per heavy atom. The molecule has 0 atom stereocenters. The van der Waals surface area contributed by atoms with E-state index in [1.165, 1.54) is 0 Å². The summed E-state index contributed by atoms with van der Waals surface area (Å²) in [6.45, 7) is 2.50. The molecule has 0 radical (unpaired) electrons. The molecular formula is C19H22N2O2. The first kappa shape index (κ1) is 16.7. The number of benzene rings is 2. The van der Waals surface area contributed by atoms with Gasteiger partial charge in [-0.25, -0.2) is 0 Å². The number of carbonyl (C=O) groups excluding carboxylic acids is 2. The topological polar surface area (TPSA) is 58.2 Å². The van der Waals surface area contributed by atoms with Crippen LogP contribution in [0, 0.1) is 0 Å². The minimum Gasteiger partial charge on any atom is -0.348 e. The van der Waals surface area contributed by atoms with E-state index in [-0.39, 0.29) is 11.8 Å². The van der Waals surface area contributed by atoms with Crippen molar-refractivity contribution in [1.82, 2.24) is 5.32 Å². The van der Waals surface area contributed by atoms with Crippen molar-refractivity contribution >= 4 is 17.5 Å². The van der Waals surface area contributed by atoms with E-state index in [0.717, 1.165) is 18.4 Å². The molecule has 4 nitrogen and oxygen atoms in total. The number of carbonyl (C=O) groups is 2. The summed E-state index contributed by atoms with van der Waals surface area (Å²) in [5, 5.41) is 5.71. The van der Waals surface area contributed by atoms with E-state index in [4.69, 9.17) is 0 Å². The van der Waals surface area contributed by atoms with Crippen LogP contribution in [0.5, 0.6) is 0 Å². The van der Waals surface area contributed by atoms with Crippen molar-refractivity contribution in [2.75, 3.05) is 5.32 Å². The SMILES string of the molecule is CCCCC(=O)Nc1ccccc1C(=O)NCc1ccccc1. The lowest BCUT2D eigenvalue weighted by molar-refractivity contribution is -0.116. The maximum atomic E-state index is 12.4. The Labute approximate surface area is 136 Å². The zero-order chi connectivity index (χ0) is 16.5. The van der Waals surface area contributed by atoms with Crippen molar-refractivity contribution in [3.8, 4) is 0 Å². The van der Waals surface area contributed by atoms with E-state index in [0.29, 0.717) is 24.2 Å². The molecule has 0 spiro atoms. The molecule has 0 unspecified atom stereocenters. The molecule has 2 aromatic rings. The van der Waals surface area contributed by atoms with Gasteiger partial charge in [0.15, 0.2) is 0 Å². The second-order valence-electron chi connectivity index (χ2n) is 5.37. The molecule has 0 bridgehead atoms. The highest BCUT2D eigenvalue weighted by atomic mass is 16.2. The second kappa shape index (κ2) is 8.73. The van der Waals surface area contributed by atoms with Gasteiger partial charge in [0.2, 0.25) is 5.91 Å². The highest BCUT2D eigenvalue weighted by Crippen LogP contribution is 2.16. The molecule has 120 valence electrons. The molecule has 0 aromatic heterocycles. The van der Waals surface area contributed by atoms with Crippen molar-refractivity contribution in [1.29, 1.82) is 0 Å². The van der Waals surface area contributed by atoms with E-state index in [1.807, 2.05) is 43.3 Å². The number of unbranched alkanes of at least 4 members (excludes halogenated alkanes) is 1. The summed E-state index contributed by atoms with van der Waals surface area (Å²) in [6, 6.07) is 16.8. The van der Waals surface area contributed by atoms with E-state index in [9.17, 15) is 9.59 Å². The maximum absolute atomic E-state index is 12.4. The molecule has 2 aromatic carbocycles. The molecule has 23 heavy (non-hydrogen) atoms. The fourth-order valence-corrected chi connectivity index (χ4v) is 2.21. The third-order valence-corrected chi connectivity index (χ3v) is 3.50. The summed E-state index contributed by atoms with van der Waals surface area (Å²) in [4.78, 5) is 24.3. The van der Waals surface area contributed by atoms with Crippen molar-refractivity contribution in [2.24, 2.45) is 0 Å². The van der Waals surface area contributed by atoms with Gasteiger partial charge in [0, 0.05) is 13.0 Å². The van der Waals surface area contributed by atoms with Crippen LogP contribution in [-0.4, -0.2) is 11.8 Å². The van der Waals surface area contributed by atoms with Crippen LogP contribution in [0.3, 0.4) is 0 Å². The average molecular weight is 310 g/mol. The van der Waals surface area contributed by atoms with Crippen LogP contribution in [0.4, 0.5) is 5.69 Å². The Morgan fingerprint density at radius 1 is 0.957 bits per heavy atom. The quantitative estimate of drug-likeness (QED) is 0.818. The Balaban J connectivity index is 2.01. The van der Waals surface area contributed by atoms with Gasteiger partial charge in [-0.15, -0.1) is 0 Å². The molecule has 2 rings (SSSR count). The second-order valence-corrected chi connectivity index (χ2v) is 5.37. The van der Waals surface area contributed by atoms with Gasteiger partial charge in [0.05, 0.1) is 11.3 Å². The normalized spacial score (nSPS) is 10.1. The van der Waals surface area contributed by atoms with Gasteiger partial charge >= 0.3 is 0 Å². The highest BCUT2D eigenvalue weighted by Gasteiger charge is 2.12. The minimum atomic E-state index is -0.194. The van der Waals surface area contributed by atoms with Crippen LogP contribution in [0.2, 0.25) is 0 Å². The molecule has 2 amide bonds. The summed E-state index contributed by atoms with van der Waals surface area (Å²) < 4.78 is 0. The molecule has 0 aliphatic heterocycles. The summed E-state index contributed by atoms with van der Waals surface area (Å²) in [5.41, 5.74) is 2.07. The Hall–Kier alpha value is -2.62. The lowest BCUT2D eigenvalue weighted by atomic mass is 10.1. The Bertz CT molecular complexity index is 653. The van der Waals surface area contributed by atoms with Crippen molar-refractivity contribution < 1.29 is 9.59 Å². The zero-order valence-corrected chi connectivity index (χ0v) is 13.3. The molecule has 0 saturated heterocycles. The first-order valence-electron chi connectivity index (χ1n) is 7.91.